The predicted molar refractivity (Wildman–Crippen MR) is 94.7 cm³/mol. The number of nitrogens with one attached hydrogen (secondary N) is 2. The van der Waals surface area contributed by atoms with E-state index >= 15 is 0 Å². The molecule has 1 heterocycles. The van der Waals surface area contributed by atoms with Crippen LogP contribution < -0.4 is 10.6 Å². The number of benzene rings is 2. The number of nitrogens with zero attached hydrogens (tertiary/aromatic N) is 2. The lowest BCUT2D eigenvalue weighted by Crippen LogP contribution is -2.11. The van der Waals surface area contributed by atoms with Crippen molar-refractivity contribution in [3.8, 4) is 0 Å². The van der Waals surface area contributed by atoms with E-state index < -0.39 is 0 Å². The van der Waals surface area contributed by atoms with Gasteiger partial charge >= 0.3 is 0 Å². The third-order valence-corrected chi connectivity index (χ3v) is 4.17. The minimum Gasteiger partial charge on any atom is -0.363 e. The highest BCUT2D eigenvalue weighted by atomic mass is 15.2. The van der Waals surface area contributed by atoms with E-state index in [-0.39, 0.29) is 6.04 Å². The second kappa shape index (κ2) is 5.88. The molecule has 0 unspecified atom stereocenters. The minimum atomic E-state index is 0.184. The van der Waals surface area contributed by atoms with Crippen LogP contribution in [0.2, 0.25) is 0 Å². The van der Waals surface area contributed by atoms with Crippen LogP contribution in [0, 0.1) is 0 Å². The zero-order valence-electron chi connectivity index (χ0n) is 13.2. The summed E-state index contributed by atoms with van der Waals surface area (Å²) in [6, 6.07) is 19.3. The van der Waals surface area contributed by atoms with Crippen molar-refractivity contribution in [2.75, 3.05) is 10.6 Å². The molecule has 23 heavy (non-hydrogen) atoms. The second-order valence-corrected chi connectivity index (χ2v) is 6.11. The first kappa shape index (κ1) is 14.0. The molecule has 1 saturated carbocycles. The Bertz CT molecular complexity index is 812. The molecule has 1 aromatic heterocycles. The van der Waals surface area contributed by atoms with Gasteiger partial charge in [-0.05, 0) is 37.5 Å². The van der Waals surface area contributed by atoms with Crippen LogP contribution >= 0.6 is 0 Å². The summed E-state index contributed by atoms with van der Waals surface area (Å²) in [5.74, 6) is 1.60. The summed E-state index contributed by atoms with van der Waals surface area (Å²) in [4.78, 5) is 9.35. The number of aromatic nitrogens is 2. The van der Waals surface area contributed by atoms with Crippen LogP contribution in [0.25, 0.3) is 10.9 Å². The number of anilines is 2. The van der Waals surface area contributed by atoms with Crippen molar-refractivity contribution in [3.05, 3.63) is 60.2 Å². The average Bonchev–Trinajstić information content (AvgIpc) is 3.39. The van der Waals surface area contributed by atoms with Gasteiger partial charge in [0, 0.05) is 17.5 Å². The van der Waals surface area contributed by atoms with Crippen molar-refractivity contribution < 1.29 is 0 Å². The van der Waals surface area contributed by atoms with E-state index in [9.17, 15) is 0 Å². The molecule has 0 aliphatic heterocycles. The summed E-state index contributed by atoms with van der Waals surface area (Å²) in [6.45, 7) is 2.15. The third kappa shape index (κ3) is 3.11. The van der Waals surface area contributed by atoms with Crippen molar-refractivity contribution in [2.24, 2.45) is 0 Å². The molecule has 1 aliphatic carbocycles. The van der Waals surface area contributed by atoms with Crippen LogP contribution in [0.3, 0.4) is 0 Å². The van der Waals surface area contributed by atoms with E-state index in [0.29, 0.717) is 12.0 Å². The number of hydrogen-bond acceptors (Lipinski definition) is 4. The monoisotopic (exact) mass is 304 g/mol. The summed E-state index contributed by atoms with van der Waals surface area (Å²) in [5.41, 5.74) is 2.21. The van der Waals surface area contributed by atoms with Crippen LogP contribution in [-0.4, -0.2) is 16.0 Å². The molecule has 1 atom stereocenters. The highest BCUT2D eigenvalue weighted by molar-refractivity contribution is 5.90. The maximum Gasteiger partial charge on any atom is 0.225 e. The molecule has 2 aromatic carbocycles. The predicted octanol–water partition coefficient (Wildman–Crippen LogP) is 4.38. The van der Waals surface area contributed by atoms with Gasteiger partial charge < -0.3 is 10.6 Å². The maximum atomic E-state index is 4.71. The lowest BCUT2D eigenvalue weighted by molar-refractivity contribution is 0.875. The van der Waals surface area contributed by atoms with Gasteiger partial charge in [-0.3, -0.25) is 0 Å². The quantitative estimate of drug-likeness (QED) is 0.734. The van der Waals surface area contributed by atoms with Gasteiger partial charge in [0.2, 0.25) is 5.95 Å². The molecule has 2 N–H and O–H groups in total. The molecule has 0 saturated heterocycles. The Morgan fingerprint density at radius 1 is 0.957 bits per heavy atom. The fraction of sp³-hybridized carbons (Fsp3) is 0.263. The van der Waals surface area contributed by atoms with Gasteiger partial charge in [0.05, 0.1) is 5.52 Å². The van der Waals surface area contributed by atoms with Gasteiger partial charge in [0.1, 0.15) is 5.82 Å². The largest absolute Gasteiger partial charge is 0.363 e. The first-order valence-corrected chi connectivity index (χ1v) is 8.14. The highest BCUT2D eigenvalue weighted by Crippen LogP contribution is 2.28. The molecule has 3 aromatic rings. The second-order valence-electron chi connectivity index (χ2n) is 6.11. The molecule has 4 nitrogen and oxygen atoms in total. The standard InChI is InChI=1S/C19H20N4/c1-13(14-7-3-2-4-8-14)20-18-16-9-5-6-10-17(16)22-19(23-18)21-15-11-12-15/h2-10,13,15H,11-12H2,1H3,(H2,20,21,22,23)/t13-/m0/s1. The average molecular weight is 304 g/mol. The molecule has 0 bridgehead atoms. The van der Waals surface area contributed by atoms with Crippen molar-refractivity contribution in [2.45, 2.75) is 31.8 Å². The SMILES string of the molecule is C[C@H](Nc1nc(NC2CC2)nc2ccccc12)c1ccccc1. The summed E-state index contributed by atoms with van der Waals surface area (Å²) >= 11 is 0. The number of hydrogen-bond donors (Lipinski definition) is 2. The van der Waals surface area contributed by atoms with Crippen LogP contribution in [-0.2, 0) is 0 Å². The number of rotatable bonds is 5. The van der Waals surface area contributed by atoms with Crippen LogP contribution in [0.5, 0.6) is 0 Å². The Morgan fingerprint density at radius 2 is 1.70 bits per heavy atom. The van der Waals surface area contributed by atoms with Crippen molar-refractivity contribution in [1.29, 1.82) is 0 Å². The fourth-order valence-electron chi connectivity index (χ4n) is 2.69. The number of fused-ring (bicyclic) bond motifs is 1. The Hall–Kier alpha value is -2.62. The molecule has 0 amide bonds. The Morgan fingerprint density at radius 3 is 2.48 bits per heavy atom. The molecular formula is C19H20N4. The number of para-hydroxylation sites is 1. The van der Waals surface area contributed by atoms with Gasteiger partial charge in [0.15, 0.2) is 0 Å². The van der Waals surface area contributed by atoms with E-state index in [0.717, 1.165) is 16.7 Å². The van der Waals surface area contributed by atoms with Gasteiger partial charge in [-0.15, -0.1) is 0 Å². The topological polar surface area (TPSA) is 49.8 Å². The van der Waals surface area contributed by atoms with Gasteiger partial charge in [-0.25, -0.2) is 4.98 Å². The highest BCUT2D eigenvalue weighted by Gasteiger charge is 2.22. The van der Waals surface area contributed by atoms with Crippen LogP contribution in [0.15, 0.2) is 54.6 Å². The third-order valence-electron chi connectivity index (χ3n) is 4.17. The molecule has 1 fully saturated rings. The Kier molecular flexibility index (Phi) is 3.58. The summed E-state index contributed by atoms with van der Waals surface area (Å²) in [6.07, 6.45) is 2.42. The van der Waals surface area contributed by atoms with Gasteiger partial charge in [-0.2, -0.15) is 4.98 Å². The van der Waals surface area contributed by atoms with Crippen molar-refractivity contribution in [1.82, 2.24) is 9.97 Å². The zero-order chi connectivity index (χ0) is 15.6. The Balaban J connectivity index is 1.69. The van der Waals surface area contributed by atoms with E-state index in [1.807, 2.05) is 24.3 Å². The molecule has 0 radical (unpaired) electrons. The van der Waals surface area contributed by atoms with Crippen molar-refractivity contribution >= 4 is 22.7 Å². The summed E-state index contributed by atoms with van der Waals surface area (Å²) in [5, 5.41) is 8.00. The molecule has 4 rings (SSSR count). The summed E-state index contributed by atoms with van der Waals surface area (Å²) in [7, 11) is 0. The van der Waals surface area contributed by atoms with Crippen LogP contribution in [0.4, 0.5) is 11.8 Å². The van der Waals surface area contributed by atoms with E-state index in [1.165, 1.54) is 18.4 Å². The molecule has 116 valence electrons. The van der Waals surface area contributed by atoms with Gasteiger partial charge in [-0.1, -0.05) is 42.5 Å². The van der Waals surface area contributed by atoms with E-state index in [2.05, 4.69) is 52.9 Å². The van der Waals surface area contributed by atoms with E-state index in [4.69, 9.17) is 4.98 Å². The molecule has 4 heteroatoms. The van der Waals surface area contributed by atoms with Gasteiger partial charge in [0.25, 0.3) is 0 Å². The smallest absolute Gasteiger partial charge is 0.225 e. The zero-order valence-corrected chi connectivity index (χ0v) is 13.2. The normalized spacial score (nSPS) is 15.3. The molecular weight excluding hydrogens is 284 g/mol. The van der Waals surface area contributed by atoms with E-state index in [1.54, 1.807) is 0 Å². The van der Waals surface area contributed by atoms with Crippen LogP contribution in [0.1, 0.15) is 31.4 Å². The molecule has 1 aliphatic rings. The first-order chi connectivity index (χ1) is 11.3. The lowest BCUT2D eigenvalue weighted by Gasteiger charge is -2.17. The lowest BCUT2D eigenvalue weighted by atomic mass is 10.1. The summed E-state index contributed by atoms with van der Waals surface area (Å²) < 4.78 is 0. The molecule has 0 spiro atoms. The maximum absolute atomic E-state index is 4.71. The van der Waals surface area contributed by atoms with Crippen molar-refractivity contribution in [3.63, 3.8) is 0 Å². The Labute approximate surface area is 136 Å². The first-order valence-electron chi connectivity index (χ1n) is 8.14. The fourth-order valence-corrected chi connectivity index (χ4v) is 2.69. The minimum absolute atomic E-state index is 0.184.